The molecule has 0 N–H and O–H groups in total. The molecule has 0 fully saturated rings. The topological polar surface area (TPSA) is 17.1 Å². The molecule has 0 unspecified atom stereocenters. The highest BCUT2D eigenvalue weighted by Gasteiger charge is 1.86. The number of hydrogen-bond acceptors (Lipinski definition) is 1. The predicted molar refractivity (Wildman–Crippen MR) is 41.3 cm³/mol. The Labute approximate surface area is 65.8 Å². The van der Waals surface area contributed by atoms with Crippen LogP contribution in [0.25, 0.3) is 0 Å². The maximum absolute atomic E-state index is 10.1. The normalized spacial score (nSPS) is 7.20. The number of halogens is 1. The largest absolute Gasteiger partial charge is 0.280 e. The predicted octanol–water partition coefficient (Wildman–Crippen LogP) is 1.56. The first kappa shape index (κ1) is 9.08. The lowest BCUT2D eigenvalue weighted by molar-refractivity contribution is -0.110. The third-order valence-corrected chi connectivity index (χ3v) is 0.880. The molecule has 0 radical (unpaired) electrons. The Bertz CT molecular complexity index is 202. The molecular formula is C8H7ClO. The van der Waals surface area contributed by atoms with Gasteiger partial charge in [0.1, 0.15) is 0 Å². The highest BCUT2D eigenvalue weighted by molar-refractivity contribution is 6.63. The molecule has 0 heterocycles. The lowest BCUT2D eigenvalue weighted by Gasteiger charge is -1.77. The quantitative estimate of drug-likeness (QED) is 0.335. The van der Waals surface area contributed by atoms with Crippen LogP contribution in [0.15, 0.2) is 0 Å². The molecule has 10 heavy (non-hydrogen) atoms. The number of carbonyl (C=O) groups is 1. The lowest BCUT2D eigenvalue weighted by atomic mass is 10.3. The monoisotopic (exact) mass is 154 g/mol. The van der Waals surface area contributed by atoms with E-state index in [4.69, 9.17) is 18.0 Å². The van der Waals surface area contributed by atoms with Gasteiger partial charge in [-0.2, -0.15) is 0 Å². The molecule has 0 atom stereocenters. The molecule has 0 rings (SSSR count). The molecule has 0 aromatic carbocycles. The first-order valence-electron chi connectivity index (χ1n) is 2.85. The van der Waals surface area contributed by atoms with Crippen molar-refractivity contribution in [1.82, 2.24) is 0 Å². The molecule has 52 valence electrons. The Morgan fingerprint density at radius 2 is 2.10 bits per heavy atom. The molecule has 0 aromatic rings. The Kier molecular flexibility index (Phi) is 5.63. The average Bonchev–Trinajstić information content (AvgIpc) is 1.87. The molecule has 1 nitrogen and oxygen atoms in total. The van der Waals surface area contributed by atoms with E-state index in [0.29, 0.717) is 12.8 Å². The van der Waals surface area contributed by atoms with Crippen molar-refractivity contribution in [2.75, 3.05) is 0 Å². The number of unbranched alkanes of at least 4 members (excludes halogenated alkanes) is 1. The first-order valence-corrected chi connectivity index (χ1v) is 3.22. The Morgan fingerprint density at radius 3 is 2.60 bits per heavy atom. The van der Waals surface area contributed by atoms with Gasteiger partial charge in [-0.3, -0.25) is 4.79 Å². The van der Waals surface area contributed by atoms with Crippen LogP contribution in [-0.4, -0.2) is 5.24 Å². The van der Waals surface area contributed by atoms with E-state index in [1.54, 1.807) is 0 Å². The van der Waals surface area contributed by atoms with Gasteiger partial charge in [0.25, 0.3) is 0 Å². The van der Waals surface area contributed by atoms with Gasteiger partial charge >= 0.3 is 0 Å². The fraction of sp³-hybridized carbons (Fsp3) is 0.375. The maximum Gasteiger partial charge on any atom is 0.233 e. The van der Waals surface area contributed by atoms with E-state index >= 15 is 0 Å². The van der Waals surface area contributed by atoms with Crippen LogP contribution in [0, 0.1) is 24.2 Å². The van der Waals surface area contributed by atoms with Gasteiger partial charge in [-0.05, 0) is 11.6 Å². The van der Waals surface area contributed by atoms with Crippen LogP contribution in [0.1, 0.15) is 19.3 Å². The van der Waals surface area contributed by atoms with Gasteiger partial charge in [0.05, 0.1) is 6.42 Å². The van der Waals surface area contributed by atoms with Gasteiger partial charge in [0, 0.05) is 12.8 Å². The molecule has 0 aliphatic heterocycles. The standard InChI is InChI=1S/C8H7ClO/c1-2-3-4-5-6-7-8(9)10/h1H,3-4,7H2. The highest BCUT2D eigenvalue weighted by Crippen LogP contribution is 1.86. The van der Waals surface area contributed by atoms with Crippen molar-refractivity contribution in [3.05, 3.63) is 0 Å². The van der Waals surface area contributed by atoms with Crippen molar-refractivity contribution >= 4 is 16.8 Å². The molecule has 0 amide bonds. The van der Waals surface area contributed by atoms with E-state index in [2.05, 4.69) is 17.8 Å². The zero-order chi connectivity index (χ0) is 7.82. The summed E-state index contributed by atoms with van der Waals surface area (Å²) in [4.78, 5) is 10.1. The second-order valence-electron chi connectivity index (χ2n) is 1.59. The molecular weight excluding hydrogens is 148 g/mol. The van der Waals surface area contributed by atoms with E-state index in [1.165, 1.54) is 0 Å². The fourth-order valence-corrected chi connectivity index (χ4v) is 0.422. The van der Waals surface area contributed by atoms with Crippen LogP contribution in [0.2, 0.25) is 0 Å². The van der Waals surface area contributed by atoms with E-state index in [0.717, 1.165) is 0 Å². The SMILES string of the molecule is C#CCCC#CCC(=O)Cl. The van der Waals surface area contributed by atoms with Crippen molar-refractivity contribution in [1.29, 1.82) is 0 Å². The summed E-state index contributed by atoms with van der Waals surface area (Å²) >= 11 is 5.01. The summed E-state index contributed by atoms with van der Waals surface area (Å²) in [6.07, 6.45) is 6.34. The minimum atomic E-state index is -0.423. The van der Waals surface area contributed by atoms with Crippen molar-refractivity contribution in [2.45, 2.75) is 19.3 Å². The summed E-state index contributed by atoms with van der Waals surface area (Å²) in [7, 11) is 0. The minimum absolute atomic E-state index is 0.117. The zero-order valence-corrected chi connectivity index (χ0v) is 6.24. The van der Waals surface area contributed by atoms with Crippen LogP contribution in [-0.2, 0) is 4.79 Å². The van der Waals surface area contributed by atoms with Crippen molar-refractivity contribution < 1.29 is 4.79 Å². The highest BCUT2D eigenvalue weighted by atomic mass is 35.5. The molecule has 2 heteroatoms. The van der Waals surface area contributed by atoms with Crippen molar-refractivity contribution in [2.24, 2.45) is 0 Å². The third kappa shape index (κ3) is 7.08. The van der Waals surface area contributed by atoms with Gasteiger partial charge in [0.2, 0.25) is 5.24 Å². The summed E-state index contributed by atoms with van der Waals surface area (Å²) in [6.45, 7) is 0. The molecule has 0 aliphatic carbocycles. The van der Waals surface area contributed by atoms with Crippen LogP contribution in [0.4, 0.5) is 0 Å². The molecule has 0 saturated heterocycles. The van der Waals surface area contributed by atoms with Gasteiger partial charge in [-0.1, -0.05) is 5.92 Å². The van der Waals surface area contributed by atoms with Crippen LogP contribution in [0.5, 0.6) is 0 Å². The van der Waals surface area contributed by atoms with Crippen LogP contribution >= 0.6 is 11.6 Å². The minimum Gasteiger partial charge on any atom is -0.280 e. The van der Waals surface area contributed by atoms with Gasteiger partial charge < -0.3 is 0 Å². The second kappa shape index (κ2) is 6.20. The van der Waals surface area contributed by atoms with E-state index in [-0.39, 0.29) is 6.42 Å². The molecule has 0 aliphatic rings. The van der Waals surface area contributed by atoms with Gasteiger partial charge in [-0.15, -0.1) is 18.3 Å². The number of hydrogen-bond donors (Lipinski definition) is 0. The molecule has 0 spiro atoms. The summed E-state index contributed by atoms with van der Waals surface area (Å²) in [5.74, 6) is 7.75. The molecule has 0 saturated carbocycles. The number of terminal acetylenes is 1. The second-order valence-corrected chi connectivity index (χ2v) is 2.01. The third-order valence-electron chi connectivity index (χ3n) is 0.747. The Balaban J connectivity index is 3.34. The van der Waals surface area contributed by atoms with E-state index < -0.39 is 5.24 Å². The maximum atomic E-state index is 10.1. The summed E-state index contributed by atoms with van der Waals surface area (Å²) in [6, 6.07) is 0. The summed E-state index contributed by atoms with van der Waals surface area (Å²) in [5, 5.41) is -0.423. The number of rotatable bonds is 2. The molecule has 0 aromatic heterocycles. The van der Waals surface area contributed by atoms with Gasteiger partial charge in [-0.25, -0.2) is 0 Å². The summed E-state index contributed by atoms with van der Waals surface area (Å²) < 4.78 is 0. The first-order chi connectivity index (χ1) is 4.77. The lowest BCUT2D eigenvalue weighted by Crippen LogP contribution is -1.79. The van der Waals surface area contributed by atoms with Crippen LogP contribution < -0.4 is 0 Å². The average molecular weight is 155 g/mol. The Hall–Kier alpha value is -0.920. The fourth-order valence-electron chi connectivity index (χ4n) is 0.355. The smallest absolute Gasteiger partial charge is 0.233 e. The van der Waals surface area contributed by atoms with Crippen molar-refractivity contribution in [3.8, 4) is 24.2 Å². The van der Waals surface area contributed by atoms with Gasteiger partial charge in [0.15, 0.2) is 0 Å². The van der Waals surface area contributed by atoms with Crippen LogP contribution in [0.3, 0.4) is 0 Å². The van der Waals surface area contributed by atoms with E-state index in [1.807, 2.05) is 0 Å². The van der Waals surface area contributed by atoms with E-state index in [9.17, 15) is 4.79 Å². The zero-order valence-electron chi connectivity index (χ0n) is 5.48. The number of carbonyl (C=O) groups excluding carboxylic acids is 1. The summed E-state index contributed by atoms with van der Waals surface area (Å²) in [5.41, 5.74) is 0. The Morgan fingerprint density at radius 1 is 1.40 bits per heavy atom. The van der Waals surface area contributed by atoms with Crippen molar-refractivity contribution in [3.63, 3.8) is 0 Å². The molecule has 0 bridgehead atoms.